The Bertz CT molecular complexity index is 697. The highest BCUT2D eigenvalue weighted by Crippen LogP contribution is 2.41. The summed E-state index contributed by atoms with van der Waals surface area (Å²) in [5.74, 6) is 1.81. The van der Waals surface area contributed by atoms with E-state index in [2.05, 4.69) is 9.97 Å². The van der Waals surface area contributed by atoms with E-state index in [4.69, 9.17) is 5.73 Å². The Hall–Kier alpha value is -2.27. The molecule has 5 nitrogen and oxygen atoms in total. The van der Waals surface area contributed by atoms with Crippen LogP contribution in [0.2, 0.25) is 0 Å². The number of nitrogens with zero attached hydrogens (tertiary/aromatic N) is 3. The fourth-order valence-corrected chi connectivity index (χ4v) is 3.40. The van der Waals surface area contributed by atoms with Crippen LogP contribution in [0.5, 0.6) is 0 Å². The summed E-state index contributed by atoms with van der Waals surface area (Å²) in [6.07, 6.45) is 5.76. The molecule has 0 radical (unpaired) electrons. The maximum absolute atomic E-state index is 12.6. The van der Waals surface area contributed by atoms with Crippen LogP contribution in [0.3, 0.4) is 0 Å². The van der Waals surface area contributed by atoms with Crippen molar-refractivity contribution in [2.45, 2.75) is 18.9 Å². The molecule has 1 aliphatic heterocycles. The lowest BCUT2D eigenvalue weighted by Crippen LogP contribution is -2.32. The van der Waals surface area contributed by atoms with Crippen LogP contribution in [0.15, 0.2) is 42.7 Å². The summed E-state index contributed by atoms with van der Waals surface area (Å²) in [7, 11) is 0. The van der Waals surface area contributed by atoms with E-state index >= 15 is 0 Å². The third-order valence-corrected chi connectivity index (χ3v) is 4.86. The number of carbonyl (C=O) groups is 1. The number of amides is 1. The summed E-state index contributed by atoms with van der Waals surface area (Å²) in [4.78, 5) is 23.1. The zero-order chi connectivity index (χ0) is 15.8. The predicted molar refractivity (Wildman–Crippen MR) is 87.6 cm³/mol. The van der Waals surface area contributed by atoms with Gasteiger partial charge in [-0.2, -0.15) is 0 Å². The van der Waals surface area contributed by atoms with Gasteiger partial charge in [-0.25, -0.2) is 9.97 Å². The van der Waals surface area contributed by atoms with E-state index in [1.165, 1.54) is 12.8 Å². The minimum absolute atomic E-state index is 0.0109. The third-order valence-electron chi connectivity index (χ3n) is 4.86. The molecule has 1 saturated heterocycles. The van der Waals surface area contributed by atoms with Gasteiger partial charge in [-0.05, 0) is 24.7 Å². The highest BCUT2D eigenvalue weighted by Gasteiger charge is 2.42. The van der Waals surface area contributed by atoms with Crippen LogP contribution >= 0.6 is 0 Å². The summed E-state index contributed by atoms with van der Waals surface area (Å²) in [6, 6.07) is 9.86. The van der Waals surface area contributed by atoms with Gasteiger partial charge in [0.25, 0.3) is 5.91 Å². The van der Waals surface area contributed by atoms with Crippen LogP contribution in [0.1, 0.15) is 23.2 Å². The lowest BCUT2D eigenvalue weighted by Gasteiger charge is -2.16. The molecule has 118 valence electrons. The molecule has 2 aromatic rings. The lowest BCUT2D eigenvalue weighted by molar-refractivity contribution is 0.0784. The highest BCUT2D eigenvalue weighted by molar-refractivity contribution is 5.94. The molecule has 0 spiro atoms. The first-order valence-electron chi connectivity index (χ1n) is 8.14. The van der Waals surface area contributed by atoms with Crippen LogP contribution in [0.25, 0.3) is 11.4 Å². The molecule has 1 aromatic heterocycles. The maximum Gasteiger partial charge on any atom is 0.257 e. The number of nitrogens with two attached hydrogens (primary N) is 1. The van der Waals surface area contributed by atoms with Gasteiger partial charge in [-0.1, -0.05) is 30.3 Å². The standard InChI is InChI=1S/C18H20N4O/c19-16-11-22(10-15(16)12-6-7-12)18(23)14-8-20-17(21-9-14)13-4-2-1-3-5-13/h1-5,8-9,12,15-16H,6-7,10-11,19H2/t15-,16+/m1/s1. The number of likely N-dealkylation sites (tertiary alicyclic amines) is 1. The maximum atomic E-state index is 12.6. The van der Waals surface area contributed by atoms with Gasteiger partial charge in [0.15, 0.2) is 5.82 Å². The molecule has 1 saturated carbocycles. The van der Waals surface area contributed by atoms with Crippen molar-refractivity contribution in [2.24, 2.45) is 17.6 Å². The average Bonchev–Trinajstić information content (AvgIpc) is 3.37. The molecule has 2 atom stereocenters. The Morgan fingerprint density at radius 3 is 2.43 bits per heavy atom. The number of hydrogen-bond acceptors (Lipinski definition) is 4. The summed E-state index contributed by atoms with van der Waals surface area (Å²) in [5, 5.41) is 0. The van der Waals surface area contributed by atoms with Crippen molar-refractivity contribution in [1.29, 1.82) is 0 Å². The van der Waals surface area contributed by atoms with Crippen LogP contribution in [0, 0.1) is 11.8 Å². The molecule has 2 aliphatic rings. The quantitative estimate of drug-likeness (QED) is 0.940. The molecule has 4 rings (SSSR count). The minimum atomic E-state index is -0.0109. The summed E-state index contributed by atoms with van der Waals surface area (Å²) < 4.78 is 0. The van der Waals surface area contributed by atoms with Gasteiger partial charge in [0.1, 0.15) is 0 Å². The molecule has 0 unspecified atom stereocenters. The number of hydrogen-bond donors (Lipinski definition) is 1. The van der Waals surface area contributed by atoms with E-state index in [-0.39, 0.29) is 11.9 Å². The van der Waals surface area contributed by atoms with E-state index in [0.717, 1.165) is 18.0 Å². The van der Waals surface area contributed by atoms with E-state index in [1.54, 1.807) is 12.4 Å². The molecule has 1 aliphatic carbocycles. The van der Waals surface area contributed by atoms with Crippen molar-refractivity contribution >= 4 is 5.91 Å². The monoisotopic (exact) mass is 308 g/mol. The zero-order valence-corrected chi connectivity index (χ0v) is 12.9. The smallest absolute Gasteiger partial charge is 0.257 e. The molecule has 2 fully saturated rings. The van der Waals surface area contributed by atoms with Gasteiger partial charge in [0.05, 0.1) is 5.56 Å². The molecule has 1 amide bonds. The number of carbonyl (C=O) groups excluding carboxylic acids is 1. The fourth-order valence-electron chi connectivity index (χ4n) is 3.40. The molecule has 2 N–H and O–H groups in total. The van der Waals surface area contributed by atoms with Crippen molar-refractivity contribution < 1.29 is 4.79 Å². The van der Waals surface area contributed by atoms with Crippen LogP contribution in [0.4, 0.5) is 0 Å². The predicted octanol–water partition coefficient (Wildman–Crippen LogP) is 1.95. The van der Waals surface area contributed by atoms with Crippen LogP contribution in [-0.4, -0.2) is 39.9 Å². The van der Waals surface area contributed by atoms with Crippen molar-refractivity contribution in [1.82, 2.24) is 14.9 Å². The largest absolute Gasteiger partial charge is 0.337 e. The third kappa shape index (κ3) is 2.84. The van der Waals surface area contributed by atoms with Gasteiger partial charge >= 0.3 is 0 Å². The van der Waals surface area contributed by atoms with Gasteiger partial charge in [0, 0.05) is 37.1 Å². The van der Waals surface area contributed by atoms with Crippen LogP contribution < -0.4 is 5.73 Å². The SMILES string of the molecule is N[C@H]1CN(C(=O)c2cnc(-c3ccccc3)nc2)C[C@@H]1C1CC1. The Balaban J connectivity index is 1.49. The van der Waals surface area contributed by atoms with Gasteiger partial charge in [0.2, 0.25) is 0 Å². The van der Waals surface area contributed by atoms with E-state index in [0.29, 0.717) is 23.9 Å². The average molecular weight is 308 g/mol. The zero-order valence-electron chi connectivity index (χ0n) is 12.9. The Kier molecular flexibility index (Phi) is 3.58. The van der Waals surface area contributed by atoms with Crippen LogP contribution in [-0.2, 0) is 0 Å². The molecule has 0 bridgehead atoms. The normalized spacial score (nSPS) is 24.0. The van der Waals surface area contributed by atoms with Gasteiger partial charge < -0.3 is 10.6 Å². The molecule has 5 heteroatoms. The first kappa shape index (κ1) is 14.3. The second kappa shape index (κ2) is 5.74. The van der Waals surface area contributed by atoms with Crippen molar-refractivity contribution in [3.63, 3.8) is 0 Å². The van der Waals surface area contributed by atoms with Crippen molar-refractivity contribution in [2.75, 3.05) is 13.1 Å². The van der Waals surface area contributed by atoms with Gasteiger partial charge in [-0.15, -0.1) is 0 Å². The lowest BCUT2D eigenvalue weighted by atomic mass is 9.99. The minimum Gasteiger partial charge on any atom is -0.337 e. The van der Waals surface area contributed by atoms with Crippen molar-refractivity contribution in [3.8, 4) is 11.4 Å². The van der Waals surface area contributed by atoms with Gasteiger partial charge in [-0.3, -0.25) is 4.79 Å². The molecular weight excluding hydrogens is 288 g/mol. The highest BCUT2D eigenvalue weighted by atomic mass is 16.2. The second-order valence-electron chi connectivity index (χ2n) is 6.54. The summed E-state index contributed by atoms with van der Waals surface area (Å²) >= 11 is 0. The molecule has 1 aromatic carbocycles. The first-order chi connectivity index (χ1) is 11.2. The topological polar surface area (TPSA) is 72.1 Å². The van der Waals surface area contributed by atoms with E-state index in [9.17, 15) is 4.79 Å². The molecule has 23 heavy (non-hydrogen) atoms. The Morgan fingerprint density at radius 1 is 1.09 bits per heavy atom. The van der Waals surface area contributed by atoms with Crippen molar-refractivity contribution in [3.05, 3.63) is 48.3 Å². The number of rotatable bonds is 3. The fraction of sp³-hybridized carbons (Fsp3) is 0.389. The van der Waals surface area contributed by atoms with E-state index in [1.807, 2.05) is 35.2 Å². The summed E-state index contributed by atoms with van der Waals surface area (Å²) in [6.45, 7) is 1.41. The second-order valence-corrected chi connectivity index (χ2v) is 6.54. The Labute approximate surface area is 135 Å². The number of aromatic nitrogens is 2. The molecular formula is C18H20N4O. The van der Waals surface area contributed by atoms with E-state index < -0.39 is 0 Å². The first-order valence-corrected chi connectivity index (χ1v) is 8.14. The number of benzene rings is 1. The molecule has 2 heterocycles. The Morgan fingerprint density at radius 2 is 1.78 bits per heavy atom. The summed E-state index contributed by atoms with van der Waals surface area (Å²) in [5.41, 5.74) is 7.68.